The van der Waals surface area contributed by atoms with Crippen molar-refractivity contribution in [3.63, 3.8) is 0 Å². The second kappa shape index (κ2) is 5.23. The van der Waals surface area contributed by atoms with Crippen LogP contribution in [0.1, 0.15) is 15.9 Å². The molecule has 2 nitrogen and oxygen atoms in total. The number of halogens is 1. The zero-order chi connectivity index (χ0) is 13.1. The summed E-state index contributed by atoms with van der Waals surface area (Å²) in [5, 5.41) is 2.66. The lowest BCUT2D eigenvalue weighted by Crippen LogP contribution is -2.11. The third-order valence-electron chi connectivity index (χ3n) is 2.43. The highest BCUT2D eigenvalue weighted by molar-refractivity contribution is 7.80. The SMILES string of the molecule is Cc1cc(F)cc(NC(=O)c2ccc(S)cc2)c1. The fourth-order valence-corrected chi connectivity index (χ4v) is 1.77. The molecule has 0 heterocycles. The fraction of sp³-hybridized carbons (Fsp3) is 0.0714. The zero-order valence-electron chi connectivity index (χ0n) is 9.77. The molecule has 0 fully saturated rings. The number of carbonyl (C=O) groups excluding carboxylic acids is 1. The maximum absolute atomic E-state index is 13.2. The van der Waals surface area contributed by atoms with Crippen molar-refractivity contribution >= 4 is 24.2 Å². The molecule has 0 spiro atoms. The van der Waals surface area contributed by atoms with Crippen LogP contribution in [0, 0.1) is 12.7 Å². The van der Waals surface area contributed by atoms with Crippen molar-refractivity contribution in [2.45, 2.75) is 11.8 Å². The Morgan fingerprint density at radius 3 is 2.44 bits per heavy atom. The van der Waals surface area contributed by atoms with Gasteiger partial charge in [0, 0.05) is 16.1 Å². The van der Waals surface area contributed by atoms with Crippen molar-refractivity contribution in [2.75, 3.05) is 5.32 Å². The molecule has 1 amide bonds. The molecule has 4 heteroatoms. The van der Waals surface area contributed by atoms with Crippen LogP contribution < -0.4 is 5.32 Å². The van der Waals surface area contributed by atoms with E-state index >= 15 is 0 Å². The van der Waals surface area contributed by atoms with Gasteiger partial charge in [0.15, 0.2) is 0 Å². The summed E-state index contributed by atoms with van der Waals surface area (Å²) < 4.78 is 13.2. The molecular formula is C14H12FNOS. The Balaban J connectivity index is 2.18. The van der Waals surface area contributed by atoms with Crippen LogP contribution in [-0.2, 0) is 0 Å². The van der Waals surface area contributed by atoms with Crippen LogP contribution in [0.5, 0.6) is 0 Å². The van der Waals surface area contributed by atoms with E-state index in [2.05, 4.69) is 17.9 Å². The lowest BCUT2D eigenvalue weighted by Gasteiger charge is -2.06. The van der Waals surface area contributed by atoms with E-state index in [4.69, 9.17) is 0 Å². The van der Waals surface area contributed by atoms with E-state index in [1.54, 1.807) is 37.3 Å². The number of thiol groups is 1. The molecule has 0 aliphatic rings. The number of amides is 1. The van der Waals surface area contributed by atoms with E-state index in [9.17, 15) is 9.18 Å². The summed E-state index contributed by atoms with van der Waals surface area (Å²) in [5.74, 6) is -0.635. The minimum absolute atomic E-state index is 0.270. The molecule has 0 aliphatic heterocycles. The first kappa shape index (κ1) is 12.6. The predicted molar refractivity (Wildman–Crippen MR) is 72.8 cm³/mol. The molecule has 0 radical (unpaired) electrons. The van der Waals surface area contributed by atoms with Gasteiger partial charge in [-0.2, -0.15) is 0 Å². The monoisotopic (exact) mass is 261 g/mol. The summed E-state index contributed by atoms with van der Waals surface area (Å²) in [6.45, 7) is 1.77. The summed E-state index contributed by atoms with van der Waals surface area (Å²) in [7, 11) is 0. The molecule has 0 bridgehead atoms. The van der Waals surface area contributed by atoms with Gasteiger partial charge in [-0.05, 0) is 55.0 Å². The van der Waals surface area contributed by atoms with Gasteiger partial charge in [-0.3, -0.25) is 4.79 Å². The third kappa shape index (κ3) is 3.11. The van der Waals surface area contributed by atoms with Gasteiger partial charge in [0.25, 0.3) is 5.91 Å². The molecule has 2 rings (SSSR count). The van der Waals surface area contributed by atoms with Gasteiger partial charge in [-0.15, -0.1) is 12.6 Å². The standard InChI is InChI=1S/C14H12FNOS/c1-9-6-11(15)8-12(7-9)16-14(17)10-2-4-13(18)5-3-10/h2-8,18H,1H3,(H,16,17). The first-order chi connectivity index (χ1) is 8.54. The van der Waals surface area contributed by atoms with E-state index < -0.39 is 0 Å². The van der Waals surface area contributed by atoms with Gasteiger partial charge in [0.2, 0.25) is 0 Å². The molecule has 1 N–H and O–H groups in total. The molecule has 2 aromatic rings. The maximum atomic E-state index is 13.2. The van der Waals surface area contributed by atoms with Crippen molar-refractivity contribution in [2.24, 2.45) is 0 Å². The Kier molecular flexibility index (Phi) is 3.67. The number of carbonyl (C=O) groups is 1. The largest absolute Gasteiger partial charge is 0.322 e. The zero-order valence-corrected chi connectivity index (χ0v) is 10.7. The highest BCUT2D eigenvalue weighted by Crippen LogP contribution is 2.15. The highest BCUT2D eigenvalue weighted by atomic mass is 32.1. The quantitative estimate of drug-likeness (QED) is 0.793. The van der Waals surface area contributed by atoms with E-state index in [0.717, 1.165) is 10.5 Å². The molecule has 2 aromatic carbocycles. The van der Waals surface area contributed by atoms with E-state index in [1.807, 2.05) is 0 Å². The van der Waals surface area contributed by atoms with Gasteiger partial charge < -0.3 is 5.32 Å². The number of hydrogen-bond donors (Lipinski definition) is 2. The molecule has 0 saturated carbocycles. The minimum Gasteiger partial charge on any atom is -0.322 e. The molecule has 0 unspecified atom stereocenters. The molecule has 0 aliphatic carbocycles. The van der Waals surface area contributed by atoms with Crippen LogP contribution in [0.3, 0.4) is 0 Å². The average molecular weight is 261 g/mol. The number of nitrogens with one attached hydrogen (secondary N) is 1. The normalized spacial score (nSPS) is 10.2. The smallest absolute Gasteiger partial charge is 0.255 e. The number of hydrogen-bond acceptors (Lipinski definition) is 2. The lowest BCUT2D eigenvalue weighted by atomic mass is 10.2. The topological polar surface area (TPSA) is 29.1 Å². The van der Waals surface area contributed by atoms with Gasteiger partial charge in [-0.1, -0.05) is 0 Å². The van der Waals surface area contributed by atoms with Crippen LogP contribution in [0.25, 0.3) is 0 Å². The molecule has 92 valence electrons. The van der Waals surface area contributed by atoms with Crippen LogP contribution in [0.15, 0.2) is 47.4 Å². The Morgan fingerprint density at radius 2 is 1.83 bits per heavy atom. The molecule has 18 heavy (non-hydrogen) atoms. The molecular weight excluding hydrogens is 249 g/mol. The summed E-state index contributed by atoms with van der Waals surface area (Å²) in [6, 6.07) is 11.2. The Labute approximate surface area is 110 Å². The summed E-state index contributed by atoms with van der Waals surface area (Å²) >= 11 is 4.14. The Morgan fingerprint density at radius 1 is 1.17 bits per heavy atom. The van der Waals surface area contributed by atoms with Gasteiger partial charge in [0.1, 0.15) is 5.82 Å². The van der Waals surface area contributed by atoms with Crippen molar-refractivity contribution in [1.29, 1.82) is 0 Å². The van der Waals surface area contributed by atoms with Crippen LogP contribution in [0.4, 0.5) is 10.1 Å². The second-order valence-electron chi connectivity index (χ2n) is 4.02. The molecule has 0 atom stereocenters. The van der Waals surface area contributed by atoms with Crippen molar-refractivity contribution in [3.05, 3.63) is 59.4 Å². The average Bonchev–Trinajstić information content (AvgIpc) is 2.28. The maximum Gasteiger partial charge on any atom is 0.255 e. The Hall–Kier alpha value is -1.81. The number of anilines is 1. The first-order valence-corrected chi connectivity index (χ1v) is 5.87. The van der Waals surface area contributed by atoms with E-state index in [0.29, 0.717) is 11.3 Å². The Bertz CT molecular complexity index is 561. The predicted octanol–water partition coefficient (Wildman–Crippen LogP) is 3.68. The molecule has 0 aromatic heterocycles. The van der Waals surface area contributed by atoms with Crippen molar-refractivity contribution in [1.82, 2.24) is 0 Å². The highest BCUT2D eigenvalue weighted by Gasteiger charge is 2.06. The minimum atomic E-state index is -0.365. The first-order valence-electron chi connectivity index (χ1n) is 5.42. The van der Waals surface area contributed by atoms with Crippen molar-refractivity contribution < 1.29 is 9.18 Å². The third-order valence-corrected chi connectivity index (χ3v) is 2.73. The summed E-state index contributed by atoms with van der Waals surface area (Å²) in [4.78, 5) is 12.7. The lowest BCUT2D eigenvalue weighted by molar-refractivity contribution is 0.102. The second-order valence-corrected chi connectivity index (χ2v) is 4.53. The number of aryl methyl sites for hydroxylation is 1. The summed E-state index contributed by atoms with van der Waals surface area (Å²) in [5.41, 5.74) is 1.72. The van der Waals surface area contributed by atoms with Gasteiger partial charge >= 0.3 is 0 Å². The number of rotatable bonds is 2. The van der Waals surface area contributed by atoms with E-state index in [1.165, 1.54) is 12.1 Å². The summed E-state index contributed by atoms with van der Waals surface area (Å²) in [6.07, 6.45) is 0. The molecule has 0 saturated heterocycles. The van der Waals surface area contributed by atoms with Crippen LogP contribution in [-0.4, -0.2) is 5.91 Å². The van der Waals surface area contributed by atoms with Crippen molar-refractivity contribution in [3.8, 4) is 0 Å². The van der Waals surface area contributed by atoms with Gasteiger partial charge in [0.05, 0.1) is 0 Å². The van der Waals surface area contributed by atoms with Crippen LogP contribution >= 0.6 is 12.6 Å². The van der Waals surface area contributed by atoms with Crippen LogP contribution in [0.2, 0.25) is 0 Å². The number of benzene rings is 2. The van der Waals surface area contributed by atoms with E-state index in [-0.39, 0.29) is 11.7 Å². The van der Waals surface area contributed by atoms with Gasteiger partial charge in [-0.25, -0.2) is 4.39 Å². The fourth-order valence-electron chi connectivity index (χ4n) is 1.62.